The van der Waals surface area contributed by atoms with E-state index >= 15 is 0 Å². The minimum atomic E-state index is -0.703. The molecule has 0 aromatic carbocycles. The maximum atomic E-state index is 10.6. The first-order valence-corrected chi connectivity index (χ1v) is 3.92. The van der Waals surface area contributed by atoms with E-state index in [1.165, 1.54) is 0 Å². The molecule has 0 saturated heterocycles. The number of rotatable bonds is 1. The molecule has 1 aliphatic carbocycles. The summed E-state index contributed by atoms with van der Waals surface area (Å²) in [6.45, 7) is 0. The summed E-state index contributed by atoms with van der Waals surface area (Å²) in [4.78, 5) is 14.6. The molecule has 0 bridgehead atoms. The molecule has 3 nitrogen and oxygen atoms in total. The summed E-state index contributed by atoms with van der Waals surface area (Å²) in [6.07, 6.45) is 4.77. The van der Waals surface area contributed by atoms with Crippen molar-refractivity contribution in [2.75, 3.05) is 0 Å². The molecule has 0 amide bonds. The Hall–Kier alpha value is -1.38. The molecule has 62 valence electrons. The monoisotopic (exact) mass is 163 g/mol. The number of carboxylic acid groups (broad SMARTS) is 1. The highest BCUT2D eigenvalue weighted by Crippen LogP contribution is 2.25. The molecule has 1 aromatic heterocycles. The number of hydrogen-bond donors (Lipinski definition) is 1. The van der Waals surface area contributed by atoms with Crippen molar-refractivity contribution in [1.82, 2.24) is 4.98 Å². The van der Waals surface area contributed by atoms with Gasteiger partial charge in [-0.1, -0.05) is 0 Å². The average molecular weight is 163 g/mol. The molecule has 1 aromatic rings. The lowest BCUT2D eigenvalue weighted by Gasteiger charge is -1.98. The largest absolute Gasteiger partial charge is 0.481 e. The minimum Gasteiger partial charge on any atom is -0.481 e. The maximum absolute atomic E-state index is 10.6. The van der Waals surface area contributed by atoms with Crippen LogP contribution in [0.5, 0.6) is 0 Å². The molecule has 0 saturated carbocycles. The number of pyridine rings is 1. The van der Waals surface area contributed by atoms with E-state index in [9.17, 15) is 4.79 Å². The van der Waals surface area contributed by atoms with Crippen molar-refractivity contribution in [3.05, 3.63) is 29.6 Å². The van der Waals surface area contributed by atoms with Gasteiger partial charge in [0.15, 0.2) is 0 Å². The van der Waals surface area contributed by atoms with E-state index in [2.05, 4.69) is 4.98 Å². The van der Waals surface area contributed by atoms with E-state index < -0.39 is 5.97 Å². The summed E-state index contributed by atoms with van der Waals surface area (Å²) in [7, 11) is 0. The van der Waals surface area contributed by atoms with Gasteiger partial charge in [-0.3, -0.25) is 9.78 Å². The standard InChI is InChI=1S/C9H9NO2/c11-9(12)7-3-6-1-2-10-5-8(6)4-7/h1-2,5,7H,3-4H2,(H,11,12)/t7-/m1/s1. The Morgan fingerprint density at radius 1 is 1.50 bits per heavy atom. The van der Waals surface area contributed by atoms with Gasteiger partial charge >= 0.3 is 5.97 Å². The fourth-order valence-corrected chi connectivity index (χ4v) is 1.62. The van der Waals surface area contributed by atoms with Crippen molar-refractivity contribution >= 4 is 5.97 Å². The number of aromatic nitrogens is 1. The molecule has 1 N–H and O–H groups in total. The lowest BCUT2D eigenvalue weighted by Crippen LogP contribution is -2.12. The maximum Gasteiger partial charge on any atom is 0.307 e. The second-order valence-electron chi connectivity index (χ2n) is 3.09. The summed E-state index contributed by atoms with van der Waals surface area (Å²) in [5.74, 6) is -0.935. The molecule has 0 radical (unpaired) electrons. The molecule has 0 unspecified atom stereocenters. The number of nitrogens with zero attached hydrogens (tertiary/aromatic N) is 1. The zero-order valence-corrected chi connectivity index (χ0v) is 6.53. The second-order valence-corrected chi connectivity index (χ2v) is 3.09. The number of carboxylic acids is 1. The van der Waals surface area contributed by atoms with E-state index in [0.717, 1.165) is 11.1 Å². The van der Waals surface area contributed by atoms with Crippen LogP contribution in [0.2, 0.25) is 0 Å². The third-order valence-electron chi connectivity index (χ3n) is 2.29. The summed E-state index contributed by atoms with van der Waals surface area (Å²) < 4.78 is 0. The Bertz CT molecular complexity index is 297. The molecule has 0 spiro atoms. The second kappa shape index (κ2) is 2.59. The van der Waals surface area contributed by atoms with Gasteiger partial charge in [-0.25, -0.2) is 0 Å². The van der Waals surface area contributed by atoms with Crippen LogP contribution in [0.4, 0.5) is 0 Å². The van der Waals surface area contributed by atoms with Crippen molar-refractivity contribution in [2.24, 2.45) is 5.92 Å². The van der Waals surface area contributed by atoms with E-state index in [0.29, 0.717) is 12.8 Å². The lowest BCUT2D eigenvalue weighted by molar-refractivity contribution is -0.141. The molecular formula is C9H9NO2. The molecule has 12 heavy (non-hydrogen) atoms. The van der Waals surface area contributed by atoms with Crippen molar-refractivity contribution in [3.8, 4) is 0 Å². The van der Waals surface area contributed by atoms with Gasteiger partial charge in [0.25, 0.3) is 0 Å². The summed E-state index contributed by atoms with van der Waals surface area (Å²) in [5, 5.41) is 8.76. The van der Waals surface area contributed by atoms with Crippen LogP contribution in [0.15, 0.2) is 18.5 Å². The van der Waals surface area contributed by atoms with Gasteiger partial charge in [-0.15, -0.1) is 0 Å². The van der Waals surface area contributed by atoms with Crippen molar-refractivity contribution in [1.29, 1.82) is 0 Å². The fourth-order valence-electron chi connectivity index (χ4n) is 1.62. The number of hydrogen-bond acceptors (Lipinski definition) is 2. The summed E-state index contributed by atoms with van der Waals surface area (Å²) >= 11 is 0. The first-order chi connectivity index (χ1) is 5.77. The van der Waals surface area contributed by atoms with Crippen molar-refractivity contribution < 1.29 is 9.90 Å². The molecule has 0 fully saturated rings. The van der Waals surface area contributed by atoms with Gasteiger partial charge in [0, 0.05) is 12.4 Å². The van der Waals surface area contributed by atoms with Gasteiger partial charge in [0.1, 0.15) is 0 Å². The van der Waals surface area contributed by atoms with Crippen LogP contribution in [-0.2, 0) is 17.6 Å². The molecule has 0 aliphatic heterocycles. The quantitative estimate of drug-likeness (QED) is 0.668. The van der Waals surface area contributed by atoms with Gasteiger partial charge in [-0.05, 0) is 30.0 Å². The predicted molar refractivity (Wildman–Crippen MR) is 42.8 cm³/mol. The van der Waals surface area contributed by atoms with Crippen molar-refractivity contribution in [2.45, 2.75) is 12.8 Å². The minimum absolute atomic E-state index is 0.232. The third kappa shape index (κ3) is 1.07. The normalized spacial score (nSPS) is 20.5. The highest BCUT2D eigenvalue weighted by atomic mass is 16.4. The van der Waals surface area contributed by atoms with Crippen LogP contribution in [0.1, 0.15) is 11.1 Å². The van der Waals surface area contributed by atoms with Gasteiger partial charge in [0.2, 0.25) is 0 Å². The van der Waals surface area contributed by atoms with E-state index in [1.54, 1.807) is 12.4 Å². The Labute approximate surface area is 70.1 Å². The molecule has 3 heteroatoms. The lowest BCUT2D eigenvalue weighted by atomic mass is 10.1. The SMILES string of the molecule is O=C(O)[C@@H]1Cc2ccncc2C1. The molecular weight excluding hydrogens is 154 g/mol. The number of fused-ring (bicyclic) bond motifs is 1. The highest BCUT2D eigenvalue weighted by molar-refractivity contribution is 5.72. The van der Waals surface area contributed by atoms with Crippen LogP contribution in [0.25, 0.3) is 0 Å². The summed E-state index contributed by atoms with van der Waals surface area (Å²) in [6, 6.07) is 1.90. The highest BCUT2D eigenvalue weighted by Gasteiger charge is 2.26. The zero-order chi connectivity index (χ0) is 8.55. The van der Waals surface area contributed by atoms with Gasteiger partial charge < -0.3 is 5.11 Å². The van der Waals surface area contributed by atoms with E-state index in [4.69, 9.17) is 5.11 Å². The summed E-state index contributed by atoms with van der Waals surface area (Å²) in [5.41, 5.74) is 2.22. The van der Waals surface area contributed by atoms with Crippen LogP contribution < -0.4 is 0 Å². The molecule has 1 atom stereocenters. The fraction of sp³-hybridized carbons (Fsp3) is 0.333. The Kier molecular flexibility index (Phi) is 1.57. The molecule has 2 rings (SSSR count). The Morgan fingerprint density at radius 3 is 2.92 bits per heavy atom. The Morgan fingerprint density at radius 2 is 2.25 bits per heavy atom. The van der Waals surface area contributed by atoms with Crippen LogP contribution in [0, 0.1) is 5.92 Å². The van der Waals surface area contributed by atoms with Gasteiger partial charge in [0.05, 0.1) is 5.92 Å². The topological polar surface area (TPSA) is 50.2 Å². The van der Waals surface area contributed by atoms with E-state index in [-0.39, 0.29) is 5.92 Å². The molecule has 1 aliphatic rings. The van der Waals surface area contributed by atoms with Crippen LogP contribution in [0.3, 0.4) is 0 Å². The van der Waals surface area contributed by atoms with Crippen molar-refractivity contribution in [3.63, 3.8) is 0 Å². The zero-order valence-electron chi connectivity index (χ0n) is 6.53. The Balaban J connectivity index is 2.27. The predicted octanol–water partition coefficient (Wildman–Crippen LogP) is 0.881. The van der Waals surface area contributed by atoms with Gasteiger partial charge in [-0.2, -0.15) is 0 Å². The first kappa shape index (κ1) is 7.28. The number of aliphatic carboxylic acids is 1. The average Bonchev–Trinajstić information content (AvgIpc) is 2.46. The smallest absolute Gasteiger partial charge is 0.307 e. The third-order valence-corrected chi connectivity index (χ3v) is 2.29. The number of carbonyl (C=O) groups is 1. The van der Waals surface area contributed by atoms with Crippen LogP contribution in [-0.4, -0.2) is 16.1 Å². The van der Waals surface area contributed by atoms with E-state index in [1.807, 2.05) is 6.07 Å². The first-order valence-electron chi connectivity index (χ1n) is 3.92. The van der Waals surface area contributed by atoms with Crippen LogP contribution >= 0.6 is 0 Å². The molecule has 1 heterocycles.